The van der Waals surface area contributed by atoms with Crippen LogP contribution in [0.3, 0.4) is 0 Å². The van der Waals surface area contributed by atoms with Crippen molar-refractivity contribution in [1.82, 2.24) is 0 Å². The van der Waals surface area contributed by atoms with E-state index in [9.17, 15) is 39.6 Å². The first-order chi connectivity index (χ1) is 17.0. The van der Waals surface area contributed by atoms with Gasteiger partial charge in [0.25, 0.3) is 0 Å². The Hall–Kier alpha value is -2.20. The summed E-state index contributed by atoms with van der Waals surface area (Å²) in [5, 5.41) is 42.1. The van der Waals surface area contributed by atoms with Gasteiger partial charge in [0.15, 0.2) is 0 Å². The van der Waals surface area contributed by atoms with E-state index in [-0.39, 0.29) is 5.25 Å². The average Bonchev–Trinajstić information content (AvgIpc) is 2.83. The molecule has 0 aliphatic carbocycles. The van der Waals surface area contributed by atoms with Crippen LogP contribution in [0.2, 0.25) is 0 Å². The lowest BCUT2D eigenvalue weighted by Crippen LogP contribution is -2.32. The van der Waals surface area contributed by atoms with Crippen LogP contribution in [0.5, 0.6) is 0 Å². The lowest BCUT2D eigenvalue weighted by Gasteiger charge is -2.29. The van der Waals surface area contributed by atoms with Gasteiger partial charge in [-0.2, -0.15) is 23.5 Å². The summed E-state index contributed by atoms with van der Waals surface area (Å²) in [4.78, 5) is 46.7. The molecule has 0 heterocycles. The molecule has 1 aromatic rings. The monoisotopic (exact) mass is 540 g/mol. The molecule has 2 N–H and O–H groups in total. The number of thioether (sulfide) groups is 2. The van der Waals surface area contributed by atoms with E-state index in [1.54, 1.807) is 13.0 Å². The second-order valence-electron chi connectivity index (χ2n) is 8.57. The molecule has 1 rings (SSSR count). The Labute approximate surface area is 221 Å². The molecule has 0 amide bonds. The molecule has 0 fully saturated rings. The third-order valence-electron chi connectivity index (χ3n) is 6.37. The topological polar surface area (TPSA) is 155 Å². The molecule has 4 unspecified atom stereocenters. The minimum absolute atomic E-state index is 0.183. The van der Waals surface area contributed by atoms with Gasteiger partial charge < -0.3 is 30.0 Å². The van der Waals surface area contributed by atoms with Gasteiger partial charge in [0.1, 0.15) is 0 Å². The zero-order valence-corrected chi connectivity index (χ0v) is 22.9. The van der Waals surface area contributed by atoms with E-state index >= 15 is 0 Å². The summed E-state index contributed by atoms with van der Waals surface area (Å²) in [6, 6.07) is 2.86. The first-order valence-corrected chi connectivity index (χ1v) is 14.4. The van der Waals surface area contributed by atoms with E-state index in [0.29, 0.717) is 61.2 Å². The van der Waals surface area contributed by atoms with Gasteiger partial charge in [0.05, 0.1) is 23.8 Å². The van der Waals surface area contributed by atoms with Crippen LogP contribution in [0.25, 0.3) is 0 Å². The van der Waals surface area contributed by atoms with E-state index in [2.05, 4.69) is 0 Å². The van der Waals surface area contributed by atoms with Gasteiger partial charge in [-0.3, -0.25) is 9.59 Å². The Kier molecular flexibility index (Phi) is 14.0. The van der Waals surface area contributed by atoms with Crippen molar-refractivity contribution >= 4 is 47.4 Å². The molecule has 0 aliphatic heterocycles. The van der Waals surface area contributed by atoms with Crippen molar-refractivity contribution < 1.29 is 39.6 Å². The molecule has 8 nitrogen and oxygen atoms in total. The van der Waals surface area contributed by atoms with Crippen LogP contribution in [0.1, 0.15) is 109 Å². The summed E-state index contributed by atoms with van der Waals surface area (Å²) in [5.41, 5.74) is 0.214. The number of carboxylic acids is 4. The van der Waals surface area contributed by atoms with Crippen molar-refractivity contribution in [3.63, 3.8) is 0 Å². The molecule has 1 aromatic carbocycles. The van der Waals surface area contributed by atoms with Gasteiger partial charge in [0, 0.05) is 21.6 Å². The van der Waals surface area contributed by atoms with Crippen LogP contribution in [0, 0.1) is 11.8 Å². The van der Waals surface area contributed by atoms with Gasteiger partial charge in [0.2, 0.25) is 0 Å². The van der Waals surface area contributed by atoms with Gasteiger partial charge in [-0.25, -0.2) is 0 Å². The SMILES string of the molecule is CCC(CCSC(CC)c1ccc(C(=O)[O-])c(C(=O)[O-])c1C(CC)SCCC(CC)C(=O)O)C(=O)O. The predicted octanol–water partition coefficient (Wildman–Crippen LogP) is 3.78. The minimum Gasteiger partial charge on any atom is -0.545 e. The molecule has 0 saturated carbocycles. The second-order valence-corrected chi connectivity index (χ2v) is 11.2. The van der Waals surface area contributed by atoms with E-state index in [4.69, 9.17) is 0 Å². The zero-order valence-electron chi connectivity index (χ0n) is 21.3. The minimum atomic E-state index is -1.60. The Bertz CT molecular complexity index is 917. The van der Waals surface area contributed by atoms with Crippen LogP contribution in [0.15, 0.2) is 12.1 Å². The summed E-state index contributed by atoms with van der Waals surface area (Å²) >= 11 is 2.93. The lowest BCUT2D eigenvalue weighted by molar-refractivity contribution is -0.259. The largest absolute Gasteiger partial charge is 0.545 e. The highest BCUT2D eigenvalue weighted by Crippen LogP contribution is 2.44. The van der Waals surface area contributed by atoms with Gasteiger partial charge in [-0.1, -0.05) is 39.8 Å². The molecule has 0 bridgehead atoms. The van der Waals surface area contributed by atoms with Crippen molar-refractivity contribution in [2.24, 2.45) is 11.8 Å². The fraction of sp³-hybridized carbons (Fsp3) is 0.615. The Morgan fingerprint density at radius 1 is 0.750 bits per heavy atom. The maximum Gasteiger partial charge on any atom is 0.306 e. The molecule has 36 heavy (non-hydrogen) atoms. The van der Waals surface area contributed by atoms with Crippen molar-refractivity contribution in [2.75, 3.05) is 11.5 Å². The molecule has 0 aromatic heterocycles. The number of carbonyl (C=O) groups excluding carboxylic acids is 2. The molecular weight excluding hydrogens is 504 g/mol. The summed E-state index contributed by atoms with van der Waals surface area (Å²) in [6.45, 7) is 7.43. The number of aliphatic carboxylic acids is 2. The number of aromatic carboxylic acids is 2. The zero-order chi connectivity index (χ0) is 27.4. The highest BCUT2D eigenvalue weighted by atomic mass is 32.2. The van der Waals surface area contributed by atoms with E-state index in [0.717, 1.165) is 0 Å². The molecule has 0 radical (unpaired) electrons. The van der Waals surface area contributed by atoms with Gasteiger partial charge in [-0.15, -0.1) is 0 Å². The smallest absolute Gasteiger partial charge is 0.306 e. The molecule has 0 saturated heterocycles. The number of hydrogen-bond donors (Lipinski definition) is 2. The molecule has 10 heteroatoms. The number of carboxylic acid groups (broad SMARTS) is 4. The highest BCUT2D eigenvalue weighted by Gasteiger charge is 2.27. The number of carbonyl (C=O) groups is 4. The molecule has 202 valence electrons. The number of benzene rings is 1. The predicted molar refractivity (Wildman–Crippen MR) is 138 cm³/mol. The van der Waals surface area contributed by atoms with Crippen LogP contribution in [-0.2, 0) is 9.59 Å². The maximum atomic E-state index is 12.2. The number of hydrogen-bond acceptors (Lipinski definition) is 8. The van der Waals surface area contributed by atoms with Crippen LogP contribution in [-0.4, -0.2) is 45.6 Å². The van der Waals surface area contributed by atoms with Crippen LogP contribution < -0.4 is 10.2 Å². The molecule has 0 spiro atoms. The first kappa shape index (κ1) is 31.8. The summed E-state index contributed by atoms with van der Waals surface area (Å²) in [7, 11) is 0. The maximum absolute atomic E-state index is 12.2. The standard InChI is InChI=1S/C26H38O8S2/c1-5-15(23(27)28)11-13-35-19(7-3)17-9-10-18(25(31)32)22(26(33)34)21(17)20(8-4)36-14-12-16(6-2)24(29)30/h9-10,15-16,19-20H,5-8,11-14H2,1-4H3,(H,27,28)(H,29,30)(H,31,32)(H,33,34)/p-2. The highest BCUT2D eigenvalue weighted by molar-refractivity contribution is 7.99. The van der Waals surface area contributed by atoms with Crippen molar-refractivity contribution in [2.45, 2.75) is 76.7 Å². The summed E-state index contributed by atoms with van der Waals surface area (Å²) in [5.74, 6) is -4.89. The second kappa shape index (κ2) is 15.8. The molecule has 4 atom stereocenters. The fourth-order valence-electron chi connectivity index (χ4n) is 4.20. The van der Waals surface area contributed by atoms with Gasteiger partial charge in [-0.05, 0) is 61.2 Å². The van der Waals surface area contributed by atoms with Crippen molar-refractivity contribution in [3.8, 4) is 0 Å². The van der Waals surface area contributed by atoms with Crippen LogP contribution in [0.4, 0.5) is 0 Å². The van der Waals surface area contributed by atoms with Gasteiger partial charge >= 0.3 is 11.9 Å². The quantitative estimate of drug-likeness (QED) is 0.281. The molecular formula is C26H36O8S2-2. The molecule has 0 aliphatic rings. The Morgan fingerprint density at radius 3 is 1.58 bits per heavy atom. The van der Waals surface area contributed by atoms with Crippen LogP contribution >= 0.6 is 23.5 Å². The van der Waals surface area contributed by atoms with Crippen molar-refractivity contribution in [1.29, 1.82) is 0 Å². The first-order valence-electron chi connectivity index (χ1n) is 12.3. The Balaban J connectivity index is 3.43. The lowest BCUT2D eigenvalue weighted by atomic mass is 9.90. The third kappa shape index (κ3) is 8.73. The van der Waals surface area contributed by atoms with Crippen molar-refractivity contribution in [3.05, 3.63) is 34.4 Å². The number of rotatable bonds is 18. The van der Waals surface area contributed by atoms with E-state index in [1.165, 1.54) is 29.6 Å². The summed E-state index contributed by atoms with van der Waals surface area (Å²) < 4.78 is 0. The normalized spacial score (nSPS) is 14.6. The van der Waals surface area contributed by atoms with E-state index < -0.39 is 52.1 Å². The van der Waals surface area contributed by atoms with E-state index in [1.807, 2.05) is 20.8 Å². The summed E-state index contributed by atoms with van der Waals surface area (Å²) in [6.07, 6.45) is 2.98. The average molecular weight is 541 g/mol. The third-order valence-corrected chi connectivity index (χ3v) is 9.27. The Morgan fingerprint density at radius 2 is 1.22 bits per heavy atom. The fourth-order valence-corrected chi connectivity index (χ4v) is 6.88.